The third-order valence-corrected chi connectivity index (χ3v) is 6.91. The Morgan fingerprint density at radius 3 is 2.56 bits per heavy atom. The SMILES string of the molecule is c1ccc(-c2ccc(CNc3cc(NCC4CCNCC4)nc4c(C5CC5)cnn34)cn2)cc1. The maximum Gasteiger partial charge on any atom is 0.163 e. The van der Waals surface area contributed by atoms with Crippen molar-refractivity contribution in [3.05, 3.63) is 72.1 Å². The normalized spacial score (nSPS) is 16.6. The van der Waals surface area contributed by atoms with Crippen molar-refractivity contribution in [3.63, 3.8) is 0 Å². The molecule has 1 saturated heterocycles. The molecule has 0 atom stereocenters. The number of fused-ring (bicyclic) bond motifs is 1. The van der Waals surface area contributed by atoms with Crippen molar-refractivity contribution < 1.29 is 0 Å². The summed E-state index contributed by atoms with van der Waals surface area (Å²) in [5.41, 5.74) is 5.48. The molecule has 6 rings (SSSR count). The lowest BCUT2D eigenvalue weighted by Crippen LogP contribution is -2.31. The lowest BCUT2D eigenvalue weighted by Gasteiger charge is -2.23. The first-order chi connectivity index (χ1) is 16.8. The molecule has 1 aliphatic carbocycles. The first-order valence-electron chi connectivity index (χ1n) is 12.4. The van der Waals surface area contributed by atoms with E-state index in [0.29, 0.717) is 18.4 Å². The van der Waals surface area contributed by atoms with Crippen molar-refractivity contribution in [1.82, 2.24) is 24.9 Å². The molecule has 7 nitrogen and oxygen atoms in total. The van der Waals surface area contributed by atoms with Gasteiger partial charge in [0.1, 0.15) is 11.6 Å². The highest BCUT2D eigenvalue weighted by Gasteiger charge is 2.28. The average Bonchev–Trinajstić information content (AvgIpc) is 3.66. The van der Waals surface area contributed by atoms with Gasteiger partial charge in [0.2, 0.25) is 0 Å². The number of pyridine rings is 1. The van der Waals surface area contributed by atoms with Gasteiger partial charge in [0.25, 0.3) is 0 Å². The van der Waals surface area contributed by atoms with E-state index < -0.39 is 0 Å². The zero-order valence-corrected chi connectivity index (χ0v) is 19.4. The Morgan fingerprint density at radius 1 is 0.941 bits per heavy atom. The van der Waals surface area contributed by atoms with Crippen LogP contribution in [0.2, 0.25) is 0 Å². The summed E-state index contributed by atoms with van der Waals surface area (Å²) in [5.74, 6) is 3.18. The molecule has 4 heterocycles. The molecule has 1 saturated carbocycles. The smallest absolute Gasteiger partial charge is 0.163 e. The van der Waals surface area contributed by atoms with Crippen LogP contribution in [0.15, 0.2) is 60.9 Å². The number of anilines is 2. The number of hydrogen-bond donors (Lipinski definition) is 3. The number of piperidine rings is 1. The Bertz CT molecular complexity index is 1240. The summed E-state index contributed by atoms with van der Waals surface area (Å²) >= 11 is 0. The zero-order chi connectivity index (χ0) is 22.7. The lowest BCUT2D eigenvalue weighted by atomic mass is 9.98. The largest absolute Gasteiger partial charge is 0.370 e. The number of benzene rings is 1. The molecule has 1 aromatic carbocycles. The number of hydrogen-bond acceptors (Lipinski definition) is 6. The van der Waals surface area contributed by atoms with Gasteiger partial charge in [0.15, 0.2) is 5.65 Å². The van der Waals surface area contributed by atoms with Gasteiger partial charge in [-0.25, -0.2) is 4.98 Å². The van der Waals surface area contributed by atoms with Crippen molar-refractivity contribution in [2.75, 3.05) is 30.3 Å². The van der Waals surface area contributed by atoms with Gasteiger partial charge in [-0.05, 0) is 62.2 Å². The summed E-state index contributed by atoms with van der Waals surface area (Å²) in [7, 11) is 0. The van der Waals surface area contributed by atoms with Gasteiger partial charge in [-0.2, -0.15) is 9.61 Å². The van der Waals surface area contributed by atoms with Crippen molar-refractivity contribution in [1.29, 1.82) is 0 Å². The molecular weight excluding hydrogens is 422 g/mol. The van der Waals surface area contributed by atoms with E-state index >= 15 is 0 Å². The van der Waals surface area contributed by atoms with Crippen LogP contribution in [0.25, 0.3) is 16.9 Å². The van der Waals surface area contributed by atoms with Gasteiger partial charge < -0.3 is 16.0 Å². The summed E-state index contributed by atoms with van der Waals surface area (Å²) in [6, 6.07) is 16.6. The third kappa shape index (κ3) is 4.61. The lowest BCUT2D eigenvalue weighted by molar-refractivity contribution is 0.389. The Hall–Kier alpha value is -3.45. The zero-order valence-electron chi connectivity index (χ0n) is 19.4. The minimum absolute atomic E-state index is 0.604. The fourth-order valence-corrected chi connectivity index (χ4v) is 4.71. The van der Waals surface area contributed by atoms with Crippen molar-refractivity contribution in [2.24, 2.45) is 5.92 Å². The predicted octanol–water partition coefficient (Wildman–Crippen LogP) is 4.69. The maximum atomic E-state index is 4.96. The number of nitrogens with zero attached hydrogens (tertiary/aromatic N) is 4. The summed E-state index contributed by atoms with van der Waals surface area (Å²) < 4.78 is 1.95. The molecule has 174 valence electrons. The van der Waals surface area contributed by atoms with Crippen LogP contribution in [0.3, 0.4) is 0 Å². The maximum absolute atomic E-state index is 4.96. The molecule has 3 N–H and O–H groups in total. The molecule has 0 amide bonds. The molecule has 3 aromatic heterocycles. The van der Waals surface area contributed by atoms with Crippen molar-refractivity contribution in [2.45, 2.75) is 38.1 Å². The first-order valence-corrected chi connectivity index (χ1v) is 12.4. The van der Waals surface area contributed by atoms with E-state index in [9.17, 15) is 0 Å². The summed E-state index contributed by atoms with van der Waals surface area (Å²) in [5, 5.41) is 15.3. The highest BCUT2D eigenvalue weighted by atomic mass is 15.3. The van der Waals surface area contributed by atoms with Crippen LogP contribution in [0, 0.1) is 5.92 Å². The fourth-order valence-electron chi connectivity index (χ4n) is 4.71. The molecule has 2 fully saturated rings. The quantitative estimate of drug-likeness (QED) is 0.359. The van der Waals surface area contributed by atoms with Crippen LogP contribution < -0.4 is 16.0 Å². The van der Waals surface area contributed by atoms with E-state index in [1.807, 2.05) is 35.1 Å². The van der Waals surface area contributed by atoms with Crippen LogP contribution >= 0.6 is 0 Å². The molecule has 0 spiro atoms. The third-order valence-electron chi connectivity index (χ3n) is 6.91. The minimum atomic E-state index is 0.604. The van der Waals surface area contributed by atoms with Crippen LogP contribution in [0.1, 0.15) is 42.7 Å². The highest BCUT2D eigenvalue weighted by Crippen LogP contribution is 2.42. The Morgan fingerprint density at radius 2 is 1.79 bits per heavy atom. The van der Waals surface area contributed by atoms with E-state index in [0.717, 1.165) is 53.7 Å². The molecule has 0 unspecified atom stereocenters. The van der Waals surface area contributed by atoms with Gasteiger partial charge >= 0.3 is 0 Å². The minimum Gasteiger partial charge on any atom is -0.370 e. The van der Waals surface area contributed by atoms with Crippen molar-refractivity contribution in [3.8, 4) is 11.3 Å². The summed E-state index contributed by atoms with van der Waals surface area (Å²) in [6.45, 7) is 3.85. The molecule has 1 aliphatic heterocycles. The second kappa shape index (κ2) is 9.43. The molecule has 0 radical (unpaired) electrons. The van der Waals surface area contributed by atoms with Gasteiger partial charge in [-0.15, -0.1) is 0 Å². The topological polar surface area (TPSA) is 79.2 Å². The van der Waals surface area contributed by atoms with Gasteiger partial charge in [0.05, 0.1) is 11.9 Å². The fraction of sp³-hybridized carbons (Fsp3) is 0.370. The number of rotatable bonds is 8. The number of aromatic nitrogens is 4. The van der Waals surface area contributed by atoms with E-state index in [4.69, 9.17) is 4.98 Å². The molecule has 34 heavy (non-hydrogen) atoms. The van der Waals surface area contributed by atoms with E-state index in [2.05, 4.69) is 56.4 Å². The monoisotopic (exact) mass is 453 g/mol. The molecular formula is C27H31N7. The first kappa shape index (κ1) is 21.1. The Labute approximate surface area is 200 Å². The van der Waals surface area contributed by atoms with E-state index in [1.165, 1.54) is 31.2 Å². The summed E-state index contributed by atoms with van der Waals surface area (Å²) in [4.78, 5) is 9.63. The Kier molecular flexibility index (Phi) is 5.85. The van der Waals surface area contributed by atoms with Crippen LogP contribution in [-0.4, -0.2) is 39.2 Å². The van der Waals surface area contributed by atoms with E-state index in [-0.39, 0.29) is 0 Å². The number of nitrogens with one attached hydrogen (secondary N) is 3. The average molecular weight is 454 g/mol. The molecule has 0 bridgehead atoms. The molecule has 7 heteroatoms. The van der Waals surface area contributed by atoms with E-state index in [1.54, 1.807) is 0 Å². The van der Waals surface area contributed by atoms with Gasteiger partial charge in [-0.3, -0.25) is 4.98 Å². The van der Waals surface area contributed by atoms with Gasteiger partial charge in [-0.1, -0.05) is 36.4 Å². The van der Waals surface area contributed by atoms with Crippen LogP contribution in [0.4, 0.5) is 11.6 Å². The Balaban J connectivity index is 1.21. The summed E-state index contributed by atoms with van der Waals surface area (Å²) in [6.07, 6.45) is 8.84. The van der Waals surface area contributed by atoms with Crippen LogP contribution in [0.5, 0.6) is 0 Å². The van der Waals surface area contributed by atoms with Crippen molar-refractivity contribution >= 4 is 17.3 Å². The van der Waals surface area contributed by atoms with Crippen LogP contribution in [-0.2, 0) is 6.54 Å². The van der Waals surface area contributed by atoms with Gasteiger partial charge in [0, 0.05) is 36.5 Å². The predicted molar refractivity (Wildman–Crippen MR) is 136 cm³/mol. The second-order valence-corrected chi connectivity index (χ2v) is 9.48. The molecule has 2 aliphatic rings. The highest BCUT2D eigenvalue weighted by molar-refractivity contribution is 5.62. The molecule has 4 aromatic rings. The second-order valence-electron chi connectivity index (χ2n) is 9.48. The standard InChI is InChI=1S/C27H31N7/c1-2-4-22(5-3-1)24-9-6-20(16-29-24)17-31-26-14-25(30-15-19-10-12-28-13-11-19)33-27-23(21-7-8-21)18-32-34(26)27/h1-6,9,14,16,18-19,21,28,31H,7-8,10-13,15,17H2,(H,30,33).